The number of likely N-dealkylation sites (tertiary alicyclic amines) is 1. The average molecular weight is 605 g/mol. The number of carbonyl (C=O) groups excluding carboxylic acids is 4. The lowest BCUT2D eigenvalue weighted by atomic mass is 9.68. The fraction of sp³-hybridized carbons (Fsp3) is 0.400. The van der Waals surface area contributed by atoms with E-state index in [-0.39, 0.29) is 71.1 Å². The summed E-state index contributed by atoms with van der Waals surface area (Å²) in [6.45, 7) is 2.02. The van der Waals surface area contributed by atoms with Crippen LogP contribution in [-0.4, -0.2) is 57.0 Å². The highest BCUT2D eigenvalue weighted by Gasteiger charge is 2.69. The van der Waals surface area contributed by atoms with E-state index in [4.69, 9.17) is 4.74 Å². The molecule has 7 rings (SSSR count). The van der Waals surface area contributed by atoms with E-state index in [2.05, 4.69) is 15.3 Å². The summed E-state index contributed by atoms with van der Waals surface area (Å²) in [5.41, 5.74) is 1.92. The molecule has 4 aliphatic rings. The third-order valence-electron chi connectivity index (χ3n) is 9.10. The number of nitrogens with one attached hydrogen (secondary N) is 2. The molecule has 2 saturated carbocycles. The van der Waals surface area contributed by atoms with Gasteiger partial charge in [-0.1, -0.05) is 17.4 Å². The largest absolute Gasteiger partial charge is 0.462 e. The lowest BCUT2D eigenvalue weighted by Crippen LogP contribution is -2.42. The molecule has 216 valence electrons. The van der Waals surface area contributed by atoms with E-state index in [1.54, 1.807) is 49.1 Å². The minimum atomic E-state index is -0.435. The molecule has 1 saturated heterocycles. The Kier molecular flexibility index (Phi) is 6.77. The molecule has 12 heteroatoms. The number of hydrogen-bond donors (Lipinski definition) is 2. The summed E-state index contributed by atoms with van der Waals surface area (Å²) >= 11 is 2.87. The zero-order valence-corrected chi connectivity index (χ0v) is 24.3. The number of pyridine rings is 1. The number of esters is 1. The van der Waals surface area contributed by atoms with Gasteiger partial charge < -0.3 is 15.0 Å². The van der Waals surface area contributed by atoms with Crippen LogP contribution in [-0.2, 0) is 19.1 Å². The molecule has 42 heavy (non-hydrogen) atoms. The van der Waals surface area contributed by atoms with Crippen LogP contribution in [0.2, 0.25) is 0 Å². The number of rotatable bonds is 7. The van der Waals surface area contributed by atoms with Crippen molar-refractivity contribution in [1.29, 1.82) is 0 Å². The summed E-state index contributed by atoms with van der Waals surface area (Å²) in [6, 6.07) is 10.3. The molecule has 2 aliphatic heterocycles. The predicted octanol–water partition coefficient (Wildman–Crippen LogP) is 3.51. The molecule has 3 fully saturated rings. The van der Waals surface area contributed by atoms with Crippen LogP contribution < -0.4 is 10.2 Å². The Hall–Kier alpha value is -3.77. The van der Waals surface area contributed by atoms with E-state index in [0.717, 1.165) is 21.9 Å². The van der Waals surface area contributed by atoms with Gasteiger partial charge in [-0.25, -0.2) is 4.79 Å². The number of anilines is 1. The molecular weight excluding hydrogens is 576 g/mol. The van der Waals surface area contributed by atoms with E-state index < -0.39 is 17.8 Å². The number of fused-ring (bicyclic) bond motifs is 9. The van der Waals surface area contributed by atoms with Gasteiger partial charge in [-0.15, -0.1) is 11.8 Å². The summed E-state index contributed by atoms with van der Waals surface area (Å²) in [7, 11) is 0. The molecule has 3 amide bonds. The average Bonchev–Trinajstić information content (AvgIpc) is 3.72. The normalized spacial score (nSPS) is 28.8. The SMILES string of the molecule is CCOC(=O)c1ccc(NC(=O)CCN2C(=O)C3C4CC(C3C2=O)C2C(c3cccnc3)c3sc(=O)[nH]c3SC42)cc1. The Morgan fingerprint density at radius 3 is 2.57 bits per heavy atom. The first-order chi connectivity index (χ1) is 20.4. The molecule has 2 aromatic heterocycles. The van der Waals surface area contributed by atoms with Gasteiger partial charge >= 0.3 is 10.8 Å². The number of carbonyl (C=O) groups is 4. The maximum atomic E-state index is 13.7. The Morgan fingerprint density at radius 1 is 1.10 bits per heavy atom. The number of amides is 3. The number of benzene rings is 1. The van der Waals surface area contributed by atoms with Gasteiger partial charge in [-0.2, -0.15) is 0 Å². The van der Waals surface area contributed by atoms with Crippen LogP contribution in [0, 0.1) is 29.6 Å². The van der Waals surface area contributed by atoms with Crippen LogP contribution in [0.1, 0.15) is 46.5 Å². The molecule has 3 aromatic rings. The second-order valence-corrected chi connectivity index (χ2v) is 13.4. The number of hydrogen-bond acceptors (Lipinski definition) is 9. The van der Waals surface area contributed by atoms with Gasteiger partial charge in [0.15, 0.2) is 0 Å². The smallest absolute Gasteiger partial charge is 0.338 e. The van der Waals surface area contributed by atoms with Crippen LogP contribution in [0.5, 0.6) is 0 Å². The van der Waals surface area contributed by atoms with Crippen molar-refractivity contribution in [2.45, 2.75) is 36.0 Å². The molecular formula is C30H28N4O6S2. The lowest BCUT2D eigenvalue weighted by molar-refractivity contribution is -0.141. The third kappa shape index (κ3) is 4.30. The van der Waals surface area contributed by atoms with Crippen LogP contribution >= 0.6 is 23.1 Å². The summed E-state index contributed by atoms with van der Waals surface area (Å²) in [5, 5.41) is 3.75. The van der Waals surface area contributed by atoms with Gasteiger partial charge in [0.05, 0.1) is 29.0 Å². The first kappa shape index (κ1) is 27.1. The fourth-order valence-electron chi connectivity index (χ4n) is 7.57. The highest BCUT2D eigenvalue weighted by atomic mass is 32.2. The second-order valence-electron chi connectivity index (χ2n) is 11.2. The van der Waals surface area contributed by atoms with Gasteiger partial charge in [-0.3, -0.25) is 29.1 Å². The van der Waals surface area contributed by atoms with Crippen LogP contribution in [0.15, 0.2) is 58.6 Å². The predicted molar refractivity (Wildman–Crippen MR) is 155 cm³/mol. The third-order valence-corrected chi connectivity index (χ3v) is 11.7. The van der Waals surface area contributed by atoms with Gasteiger partial charge in [0.2, 0.25) is 17.7 Å². The van der Waals surface area contributed by atoms with Crippen molar-refractivity contribution in [1.82, 2.24) is 14.9 Å². The minimum Gasteiger partial charge on any atom is -0.462 e. The number of imide groups is 1. The van der Waals surface area contributed by atoms with E-state index in [1.165, 1.54) is 16.2 Å². The molecule has 10 nitrogen and oxygen atoms in total. The van der Waals surface area contributed by atoms with Crippen LogP contribution in [0.25, 0.3) is 0 Å². The Balaban J connectivity index is 1.07. The highest BCUT2D eigenvalue weighted by Crippen LogP contribution is 2.68. The van der Waals surface area contributed by atoms with Crippen LogP contribution in [0.3, 0.4) is 0 Å². The Labute approximate surface area is 249 Å². The monoisotopic (exact) mass is 604 g/mol. The second kappa shape index (κ2) is 10.5. The summed E-state index contributed by atoms with van der Waals surface area (Å²) in [5.74, 6) is -1.84. The van der Waals surface area contributed by atoms with Crippen LogP contribution in [0.4, 0.5) is 5.69 Å². The van der Waals surface area contributed by atoms with Gasteiger partial charge in [0.25, 0.3) is 0 Å². The Bertz CT molecular complexity index is 1640. The zero-order chi connectivity index (χ0) is 29.1. The summed E-state index contributed by atoms with van der Waals surface area (Å²) < 4.78 is 4.98. The molecule has 0 radical (unpaired) electrons. The van der Waals surface area contributed by atoms with E-state index in [1.807, 2.05) is 18.3 Å². The number of H-pyrrole nitrogens is 1. The van der Waals surface area contributed by atoms with Crippen molar-refractivity contribution in [3.05, 3.63) is 74.5 Å². The van der Waals surface area contributed by atoms with Gasteiger partial charge in [0, 0.05) is 47.1 Å². The van der Waals surface area contributed by atoms with Crippen molar-refractivity contribution in [2.24, 2.45) is 29.6 Å². The Morgan fingerprint density at radius 2 is 1.86 bits per heavy atom. The number of thioether (sulfide) groups is 1. The summed E-state index contributed by atoms with van der Waals surface area (Å²) in [4.78, 5) is 73.8. The highest BCUT2D eigenvalue weighted by molar-refractivity contribution is 8.00. The molecule has 7 unspecified atom stereocenters. The number of aromatic amines is 1. The first-order valence-electron chi connectivity index (χ1n) is 14.1. The molecule has 2 bridgehead atoms. The number of thiazole rings is 1. The van der Waals surface area contributed by atoms with E-state index in [9.17, 15) is 24.0 Å². The molecule has 2 N–H and O–H groups in total. The number of ether oxygens (including phenoxy) is 1. The van der Waals surface area contributed by atoms with Gasteiger partial charge in [-0.05, 0) is 67.0 Å². The lowest BCUT2D eigenvalue weighted by Gasteiger charge is -2.42. The zero-order valence-electron chi connectivity index (χ0n) is 22.6. The molecule has 2 aliphatic carbocycles. The van der Waals surface area contributed by atoms with Crippen molar-refractivity contribution in [2.75, 3.05) is 18.5 Å². The van der Waals surface area contributed by atoms with Crippen molar-refractivity contribution in [3.8, 4) is 0 Å². The molecule has 7 atom stereocenters. The quantitative estimate of drug-likeness (QED) is 0.309. The number of nitrogens with zero attached hydrogens (tertiary/aromatic N) is 2. The van der Waals surface area contributed by atoms with Gasteiger partial charge in [0.1, 0.15) is 0 Å². The molecule has 1 aromatic carbocycles. The van der Waals surface area contributed by atoms with Crippen molar-refractivity contribution < 1.29 is 23.9 Å². The standard InChI is InChI=1S/C30H28N4O6S2/c1-2-40-29(38)14-5-7-16(8-6-14)32-19(35)9-11-34-27(36)22-17-12-18(23(22)28(34)37)24-21(17)20(15-4-3-10-31-13-15)25-26(41-24)33-30(39)42-25/h3-8,10,13,17-18,20-24H,2,9,11-12H2,1H3,(H,32,35)(H,33,39). The first-order valence-corrected chi connectivity index (χ1v) is 15.8. The number of aromatic nitrogens is 2. The fourth-order valence-corrected chi connectivity index (χ4v) is 10.5. The van der Waals surface area contributed by atoms with Crippen molar-refractivity contribution >= 4 is 52.5 Å². The van der Waals surface area contributed by atoms with E-state index in [0.29, 0.717) is 11.3 Å². The topological polar surface area (TPSA) is 139 Å². The van der Waals surface area contributed by atoms with E-state index >= 15 is 0 Å². The minimum absolute atomic E-state index is 0.0150. The maximum Gasteiger partial charge on any atom is 0.338 e. The maximum absolute atomic E-state index is 13.7. The summed E-state index contributed by atoms with van der Waals surface area (Å²) in [6.07, 6.45) is 4.35. The molecule has 0 spiro atoms. The molecule has 4 heterocycles. The van der Waals surface area contributed by atoms with Crippen molar-refractivity contribution in [3.63, 3.8) is 0 Å².